The van der Waals surface area contributed by atoms with Crippen LogP contribution >= 0.6 is 11.8 Å². The van der Waals surface area contributed by atoms with E-state index in [9.17, 15) is 4.79 Å². The highest BCUT2D eigenvalue weighted by molar-refractivity contribution is 8.13. The number of thioether (sulfide) groups is 1. The second kappa shape index (κ2) is 4.13. The van der Waals surface area contributed by atoms with Gasteiger partial charge in [0, 0.05) is 7.05 Å². The van der Waals surface area contributed by atoms with Gasteiger partial charge in [-0.25, -0.2) is 9.36 Å². The predicted molar refractivity (Wildman–Crippen MR) is 47.5 cm³/mol. The number of rotatable bonds is 3. The van der Waals surface area contributed by atoms with E-state index in [2.05, 4.69) is 31.1 Å². The van der Waals surface area contributed by atoms with Crippen molar-refractivity contribution < 1.29 is 4.79 Å². The maximum atomic E-state index is 11.5. The van der Waals surface area contributed by atoms with Crippen LogP contribution in [0, 0.1) is 0 Å². The second-order valence-electron chi connectivity index (χ2n) is 2.57. The van der Waals surface area contributed by atoms with E-state index in [1.54, 1.807) is 7.05 Å². The Bertz CT molecular complexity index is 449. The van der Waals surface area contributed by atoms with Crippen LogP contribution in [0.4, 0.5) is 0 Å². The van der Waals surface area contributed by atoms with Gasteiger partial charge in [-0.15, -0.1) is 10.2 Å². The molecule has 78 valence electrons. The third-order valence-electron chi connectivity index (χ3n) is 1.47. The van der Waals surface area contributed by atoms with Crippen molar-refractivity contribution in [2.24, 2.45) is 7.05 Å². The molecule has 2 aromatic rings. The van der Waals surface area contributed by atoms with Crippen molar-refractivity contribution in [3.63, 3.8) is 0 Å². The van der Waals surface area contributed by atoms with Crippen LogP contribution in [0.5, 0.6) is 0 Å². The lowest BCUT2D eigenvalue weighted by Gasteiger charge is -1.97. The maximum absolute atomic E-state index is 11.5. The Morgan fingerprint density at radius 2 is 2.33 bits per heavy atom. The molecule has 0 saturated heterocycles. The molecule has 0 amide bonds. The average molecular weight is 226 g/mol. The largest absolute Gasteiger partial charge is 0.285 e. The first-order chi connectivity index (χ1) is 7.25. The molecule has 0 unspecified atom stereocenters. The van der Waals surface area contributed by atoms with Crippen LogP contribution in [0.25, 0.3) is 0 Å². The molecule has 15 heavy (non-hydrogen) atoms. The molecule has 9 nitrogen and oxygen atoms in total. The highest BCUT2D eigenvalue weighted by atomic mass is 32.2. The van der Waals surface area contributed by atoms with Crippen LogP contribution in [0.15, 0.2) is 11.5 Å². The van der Waals surface area contributed by atoms with Crippen LogP contribution < -0.4 is 0 Å². The average Bonchev–Trinajstić information content (AvgIpc) is 2.79. The highest BCUT2D eigenvalue weighted by Gasteiger charge is 2.11. The summed E-state index contributed by atoms with van der Waals surface area (Å²) in [4.78, 5) is 11.5. The third kappa shape index (κ3) is 2.34. The molecule has 0 saturated carbocycles. The summed E-state index contributed by atoms with van der Waals surface area (Å²) >= 11 is 0.947. The first kappa shape index (κ1) is 9.71. The standard InChI is InChI=1S/C5H6N8OS/c1-12-5(7-9-10-12)15-4(14)2-13-3-6-8-11-13/h3H,2H2,1H3. The summed E-state index contributed by atoms with van der Waals surface area (Å²) in [6, 6.07) is 0. The first-order valence-electron chi connectivity index (χ1n) is 3.89. The lowest BCUT2D eigenvalue weighted by Crippen LogP contribution is -2.08. The van der Waals surface area contributed by atoms with Gasteiger partial charge < -0.3 is 0 Å². The van der Waals surface area contributed by atoms with E-state index in [-0.39, 0.29) is 11.7 Å². The van der Waals surface area contributed by atoms with Crippen molar-refractivity contribution in [2.75, 3.05) is 0 Å². The van der Waals surface area contributed by atoms with Gasteiger partial charge in [0.25, 0.3) is 0 Å². The van der Waals surface area contributed by atoms with Gasteiger partial charge in [0.1, 0.15) is 12.9 Å². The number of aromatic nitrogens is 8. The molecule has 2 aromatic heterocycles. The summed E-state index contributed by atoms with van der Waals surface area (Å²) in [7, 11) is 1.66. The normalized spacial score (nSPS) is 10.5. The molecule has 10 heteroatoms. The van der Waals surface area contributed by atoms with Crippen molar-refractivity contribution in [1.29, 1.82) is 0 Å². The summed E-state index contributed by atoms with van der Waals surface area (Å²) in [5, 5.41) is 21.4. The van der Waals surface area contributed by atoms with Gasteiger partial charge in [0.05, 0.1) is 0 Å². The monoisotopic (exact) mass is 226 g/mol. The number of nitrogens with zero attached hydrogens (tertiary/aromatic N) is 8. The molecule has 0 N–H and O–H groups in total. The molecule has 0 fully saturated rings. The molecule has 0 atom stereocenters. The Morgan fingerprint density at radius 3 is 2.93 bits per heavy atom. The van der Waals surface area contributed by atoms with Gasteiger partial charge in [-0.1, -0.05) is 0 Å². The van der Waals surface area contributed by atoms with Gasteiger partial charge in [-0.05, 0) is 32.6 Å². The summed E-state index contributed by atoms with van der Waals surface area (Å²) in [6.07, 6.45) is 1.37. The molecule has 0 aliphatic carbocycles. The minimum atomic E-state index is -0.139. The highest BCUT2D eigenvalue weighted by Crippen LogP contribution is 2.13. The van der Waals surface area contributed by atoms with Crippen LogP contribution in [0.1, 0.15) is 0 Å². The minimum Gasteiger partial charge on any atom is -0.285 e. The van der Waals surface area contributed by atoms with E-state index in [0.29, 0.717) is 5.16 Å². The van der Waals surface area contributed by atoms with Crippen molar-refractivity contribution in [2.45, 2.75) is 11.7 Å². The number of carbonyl (C=O) groups is 1. The molecule has 0 bridgehead atoms. The predicted octanol–water partition coefficient (Wildman–Crippen LogP) is -1.48. The number of carbonyl (C=O) groups excluding carboxylic acids is 1. The summed E-state index contributed by atoms with van der Waals surface area (Å²) < 4.78 is 2.75. The fourth-order valence-electron chi connectivity index (χ4n) is 0.827. The van der Waals surface area contributed by atoms with Gasteiger partial charge in [-0.3, -0.25) is 4.79 Å². The van der Waals surface area contributed by atoms with E-state index >= 15 is 0 Å². The molecule has 0 spiro atoms. The van der Waals surface area contributed by atoms with E-state index < -0.39 is 0 Å². The van der Waals surface area contributed by atoms with Crippen molar-refractivity contribution in [3.8, 4) is 0 Å². The van der Waals surface area contributed by atoms with Gasteiger partial charge in [-0.2, -0.15) is 0 Å². The smallest absolute Gasteiger partial charge is 0.218 e. The topological polar surface area (TPSA) is 104 Å². The van der Waals surface area contributed by atoms with Crippen molar-refractivity contribution in [1.82, 2.24) is 40.4 Å². The lowest BCUT2D eigenvalue weighted by atomic mass is 10.7. The Balaban J connectivity index is 1.96. The molecule has 2 rings (SSSR count). The SMILES string of the molecule is Cn1nnnc1SC(=O)Cn1cnnn1. The number of hydrogen-bond donors (Lipinski definition) is 0. The zero-order valence-corrected chi connectivity index (χ0v) is 8.50. The third-order valence-corrected chi connectivity index (χ3v) is 2.35. The molecule has 0 aromatic carbocycles. The zero-order chi connectivity index (χ0) is 10.7. The lowest BCUT2D eigenvalue weighted by molar-refractivity contribution is -0.111. The number of tetrazole rings is 2. The molecular weight excluding hydrogens is 220 g/mol. The Hall–Kier alpha value is -1.84. The molecule has 0 aliphatic heterocycles. The Kier molecular flexibility index (Phi) is 2.67. The molecule has 2 heterocycles. The fourth-order valence-corrected chi connectivity index (χ4v) is 1.47. The molecule has 0 radical (unpaired) electrons. The van der Waals surface area contributed by atoms with E-state index in [0.717, 1.165) is 11.8 Å². The summed E-state index contributed by atoms with van der Waals surface area (Å²) in [6.45, 7) is 0.0878. The summed E-state index contributed by atoms with van der Waals surface area (Å²) in [5.41, 5.74) is 0. The van der Waals surface area contributed by atoms with Gasteiger partial charge in [0.15, 0.2) is 0 Å². The quantitative estimate of drug-likeness (QED) is 0.583. The van der Waals surface area contributed by atoms with E-state index in [1.165, 1.54) is 15.7 Å². The molecule has 0 aliphatic rings. The minimum absolute atomic E-state index is 0.0878. The molecular formula is C5H6N8OS. The van der Waals surface area contributed by atoms with Crippen LogP contribution in [0.2, 0.25) is 0 Å². The Morgan fingerprint density at radius 1 is 1.47 bits per heavy atom. The van der Waals surface area contributed by atoms with Gasteiger partial charge >= 0.3 is 0 Å². The number of hydrogen-bond acceptors (Lipinski definition) is 8. The number of aryl methyl sites for hydroxylation is 1. The first-order valence-corrected chi connectivity index (χ1v) is 4.71. The van der Waals surface area contributed by atoms with E-state index in [4.69, 9.17) is 0 Å². The van der Waals surface area contributed by atoms with Gasteiger partial charge in [0.2, 0.25) is 10.3 Å². The van der Waals surface area contributed by atoms with Crippen molar-refractivity contribution in [3.05, 3.63) is 6.33 Å². The summed E-state index contributed by atoms with van der Waals surface area (Å²) in [5.74, 6) is 0. The van der Waals surface area contributed by atoms with Crippen LogP contribution in [-0.4, -0.2) is 45.5 Å². The zero-order valence-electron chi connectivity index (χ0n) is 7.68. The van der Waals surface area contributed by atoms with E-state index in [1.807, 2.05) is 0 Å². The van der Waals surface area contributed by atoms with Crippen molar-refractivity contribution >= 4 is 16.9 Å². The Labute approximate surface area is 87.8 Å². The second-order valence-corrected chi connectivity index (χ2v) is 3.59. The van der Waals surface area contributed by atoms with Crippen LogP contribution in [0.3, 0.4) is 0 Å². The van der Waals surface area contributed by atoms with Crippen LogP contribution in [-0.2, 0) is 18.4 Å². The fraction of sp³-hybridized carbons (Fsp3) is 0.400. The maximum Gasteiger partial charge on any atom is 0.218 e.